The molecule has 0 N–H and O–H groups in total. The van der Waals surface area contributed by atoms with Gasteiger partial charge in [0.2, 0.25) is 11.8 Å². The Morgan fingerprint density at radius 3 is 2.48 bits per heavy atom. The van der Waals surface area contributed by atoms with Crippen LogP contribution in [-0.4, -0.2) is 23.3 Å². The van der Waals surface area contributed by atoms with Crippen molar-refractivity contribution in [1.82, 2.24) is 4.90 Å². The van der Waals surface area contributed by atoms with Gasteiger partial charge in [0.1, 0.15) is 0 Å². The molecule has 0 aromatic rings. The van der Waals surface area contributed by atoms with Gasteiger partial charge in [-0.25, -0.2) is 0 Å². The van der Waals surface area contributed by atoms with Crippen LogP contribution in [0.2, 0.25) is 0 Å². The van der Waals surface area contributed by atoms with E-state index in [-0.39, 0.29) is 23.1 Å². The van der Waals surface area contributed by atoms with Crippen molar-refractivity contribution >= 4 is 11.8 Å². The highest BCUT2D eigenvalue weighted by molar-refractivity contribution is 6.04. The average molecular weight is 293 g/mol. The van der Waals surface area contributed by atoms with Gasteiger partial charge in [-0.1, -0.05) is 52.2 Å². The van der Waals surface area contributed by atoms with E-state index in [1.165, 1.54) is 23.3 Å². The topological polar surface area (TPSA) is 37.4 Å². The molecule has 3 heteroatoms. The summed E-state index contributed by atoms with van der Waals surface area (Å²) < 4.78 is 0. The molecule has 2 atom stereocenters. The summed E-state index contributed by atoms with van der Waals surface area (Å²) in [5.41, 5.74) is 1.07. The van der Waals surface area contributed by atoms with Gasteiger partial charge in [-0.2, -0.15) is 0 Å². The first kappa shape index (κ1) is 17.9. The lowest BCUT2D eigenvalue weighted by molar-refractivity contribution is -0.139. The number of carbonyl (C=O) groups excluding carboxylic acids is 2. The Labute approximate surface area is 129 Å². The SMILES string of the molecule is CCCC(C)C/C(C)=C\C(C)(C)C1CC(=O)N(CC)C1=O. The van der Waals surface area contributed by atoms with Gasteiger partial charge in [-0.15, -0.1) is 0 Å². The van der Waals surface area contributed by atoms with E-state index in [2.05, 4.69) is 40.7 Å². The molecule has 1 aliphatic heterocycles. The molecule has 0 aromatic carbocycles. The molecule has 2 amide bonds. The van der Waals surface area contributed by atoms with Crippen LogP contribution < -0.4 is 0 Å². The van der Waals surface area contributed by atoms with Crippen LogP contribution in [0, 0.1) is 17.3 Å². The minimum absolute atomic E-state index is 0.00171. The number of nitrogens with zero attached hydrogens (tertiary/aromatic N) is 1. The summed E-state index contributed by atoms with van der Waals surface area (Å²) in [6.45, 7) is 13.1. The summed E-state index contributed by atoms with van der Waals surface area (Å²) in [5, 5.41) is 0. The summed E-state index contributed by atoms with van der Waals surface area (Å²) in [6, 6.07) is 0. The largest absolute Gasteiger partial charge is 0.283 e. The van der Waals surface area contributed by atoms with Crippen molar-refractivity contribution in [2.24, 2.45) is 17.3 Å². The van der Waals surface area contributed by atoms with Crippen LogP contribution in [0.3, 0.4) is 0 Å². The molecule has 2 unspecified atom stereocenters. The maximum Gasteiger partial charge on any atom is 0.233 e. The molecule has 0 radical (unpaired) electrons. The molecule has 1 saturated heterocycles. The second-order valence-electron chi connectivity index (χ2n) is 7.14. The first-order chi connectivity index (χ1) is 9.72. The molecule has 0 aromatic heterocycles. The standard InChI is InChI=1S/C18H31NO2/c1-7-9-13(3)10-14(4)12-18(5,6)15-11-16(20)19(8-2)17(15)21/h12-13,15H,7-11H2,1-6H3/b14-12-. The van der Waals surface area contributed by atoms with Crippen molar-refractivity contribution in [3.8, 4) is 0 Å². The number of allylic oxidation sites excluding steroid dienone is 2. The maximum absolute atomic E-state index is 12.4. The van der Waals surface area contributed by atoms with Crippen LogP contribution in [0.25, 0.3) is 0 Å². The fourth-order valence-corrected chi connectivity index (χ4v) is 3.54. The average Bonchev–Trinajstić information content (AvgIpc) is 2.64. The fourth-order valence-electron chi connectivity index (χ4n) is 3.54. The van der Waals surface area contributed by atoms with Crippen LogP contribution in [0.1, 0.15) is 67.2 Å². The first-order valence-corrected chi connectivity index (χ1v) is 8.25. The van der Waals surface area contributed by atoms with E-state index in [4.69, 9.17) is 0 Å². The molecule has 120 valence electrons. The van der Waals surface area contributed by atoms with Crippen LogP contribution in [0.15, 0.2) is 11.6 Å². The number of carbonyl (C=O) groups is 2. The van der Waals surface area contributed by atoms with Crippen molar-refractivity contribution in [2.45, 2.75) is 67.2 Å². The zero-order valence-electron chi connectivity index (χ0n) is 14.5. The number of likely N-dealkylation sites (tertiary alicyclic amines) is 1. The third kappa shape index (κ3) is 4.42. The number of rotatable bonds is 7. The third-order valence-electron chi connectivity index (χ3n) is 4.53. The molecular weight excluding hydrogens is 262 g/mol. The highest BCUT2D eigenvalue weighted by Gasteiger charge is 2.45. The fraction of sp³-hybridized carbons (Fsp3) is 0.778. The van der Waals surface area contributed by atoms with E-state index < -0.39 is 0 Å². The van der Waals surface area contributed by atoms with E-state index in [0.29, 0.717) is 18.9 Å². The van der Waals surface area contributed by atoms with Crippen LogP contribution in [0.4, 0.5) is 0 Å². The molecule has 1 heterocycles. The van der Waals surface area contributed by atoms with Crippen molar-refractivity contribution < 1.29 is 9.59 Å². The van der Waals surface area contributed by atoms with Crippen molar-refractivity contribution in [1.29, 1.82) is 0 Å². The quantitative estimate of drug-likeness (QED) is 0.521. The molecule has 0 aliphatic carbocycles. The van der Waals surface area contributed by atoms with E-state index in [0.717, 1.165) is 6.42 Å². The Morgan fingerprint density at radius 1 is 1.38 bits per heavy atom. The normalized spacial score (nSPS) is 22.1. The van der Waals surface area contributed by atoms with Crippen LogP contribution in [-0.2, 0) is 9.59 Å². The minimum Gasteiger partial charge on any atom is -0.283 e. The molecule has 3 nitrogen and oxygen atoms in total. The van der Waals surface area contributed by atoms with Gasteiger partial charge in [0, 0.05) is 13.0 Å². The number of amides is 2. The Morgan fingerprint density at radius 2 is 2.00 bits per heavy atom. The van der Waals surface area contributed by atoms with Crippen LogP contribution in [0.5, 0.6) is 0 Å². The highest BCUT2D eigenvalue weighted by Crippen LogP contribution is 2.38. The lowest BCUT2D eigenvalue weighted by atomic mass is 9.76. The summed E-state index contributed by atoms with van der Waals surface area (Å²) in [5.74, 6) is 0.445. The number of imide groups is 1. The summed E-state index contributed by atoms with van der Waals surface area (Å²) in [7, 11) is 0. The molecule has 0 saturated carbocycles. The molecule has 21 heavy (non-hydrogen) atoms. The molecule has 1 aliphatic rings. The van der Waals surface area contributed by atoms with Crippen LogP contribution >= 0.6 is 0 Å². The van der Waals surface area contributed by atoms with Crippen molar-refractivity contribution in [3.05, 3.63) is 11.6 Å². The predicted molar refractivity (Wildman–Crippen MR) is 86.7 cm³/mol. The summed E-state index contributed by atoms with van der Waals surface area (Å²) in [6.07, 6.45) is 6.08. The van der Waals surface area contributed by atoms with Gasteiger partial charge in [-0.05, 0) is 31.6 Å². The van der Waals surface area contributed by atoms with Crippen molar-refractivity contribution in [3.63, 3.8) is 0 Å². The van der Waals surface area contributed by atoms with Gasteiger partial charge in [0.05, 0.1) is 5.92 Å². The van der Waals surface area contributed by atoms with Gasteiger partial charge in [0.25, 0.3) is 0 Å². The van der Waals surface area contributed by atoms with Gasteiger partial charge in [0.15, 0.2) is 0 Å². The lowest BCUT2D eigenvalue weighted by Gasteiger charge is -2.28. The maximum atomic E-state index is 12.4. The summed E-state index contributed by atoms with van der Waals surface area (Å²) >= 11 is 0. The summed E-state index contributed by atoms with van der Waals surface area (Å²) in [4.78, 5) is 25.7. The Hall–Kier alpha value is -1.12. The van der Waals surface area contributed by atoms with Gasteiger partial charge >= 0.3 is 0 Å². The molecule has 1 fully saturated rings. The van der Waals surface area contributed by atoms with E-state index in [1.807, 2.05) is 6.92 Å². The van der Waals surface area contributed by atoms with E-state index >= 15 is 0 Å². The molecule has 1 rings (SSSR count). The Kier molecular flexibility index (Phi) is 6.18. The second kappa shape index (κ2) is 7.24. The van der Waals surface area contributed by atoms with Gasteiger partial charge < -0.3 is 0 Å². The van der Waals surface area contributed by atoms with E-state index in [1.54, 1.807) is 0 Å². The number of hydrogen-bond acceptors (Lipinski definition) is 2. The monoisotopic (exact) mass is 293 g/mol. The first-order valence-electron chi connectivity index (χ1n) is 8.25. The van der Waals surface area contributed by atoms with E-state index in [9.17, 15) is 9.59 Å². The third-order valence-corrected chi connectivity index (χ3v) is 4.53. The molecule has 0 bridgehead atoms. The zero-order valence-corrected chi connectivity index (χ0v) is 14.5. The zero-order chi connectivity index (χ0) is 16.2. The number of hydrogen-bond donors (Lipinski definition) is 0. The highest BCUT2D eigenvalue weighted by atomic mass is 16.2. The molecular formula is C18H31NO2. The smallest absolute Gasteiger partial charge is 0.233 e. The lowest BCUT2D eigenvalue weighted by Crippen LogP contribution is -2.34. The molecule has 0 spiro atoms. The minimum atomic E-state index is -0.257. The van der Waals surface area contributed by atoms with Gasteiger partial charge in [-0.3, -0.25) is 14.5 Å². The predicted octanol–water partition coefficient (Wildman–Crippen LogP) is 4.18. The Bertz CT molecular complexity index is 423. The Balaban J connectivity index is 2.81. The van der Waals surface area contributed by atoms with Crippen molar-refractivity contribution in [2.75, 3.05) is 6.54 Å². The second-order valence-corrected chi connectivity index (χ2v) is 7.14.